The Morgan fingerprint density at radius 1 is 0.917 bits per heavy atom. The van der Waals surface area contributed by atoms with E-state index in [1.165, 1.54) is 24.0 Å². The molecule has 2 aromatic heterocycles. The molecule has 0 N–H and O–H groups in total. The molecule has 0 bridgehead atoms. The Morgan fingerprint density at radius 3 is 2.33 bits per heavy atom. The summed E-state index contributed by atoms with van der Waals surface area (Å²) in [4.78, 5) is 6.33. The van der Waals surface area contributed by atoms with Crippen LogP contribution in [0.4, 0.5) is 19.4 Å². The van der Waals surface area contributed by atoms with Gasteiger partial charge in [0, 0.05) is 25.0 Å². The number of oxazole rings is 1. The molecule has 0 unspecified atom stereocenters. The highest BCUT2D eigenvalue weighted by Gasteiger charge is 2.65. The van der Waals surface area contributed by atoms with Gasteiger partial charge in [-0.2, -0.15) is 0 Å². The number of hydrogen-bond acceptors (Lipinski definition) is 4. The average molecular weight is 526 g/mol. The van der Waals surface area contributed by atoms with Crippen molar-refractivity contribution in [1.29, 1.82) is 0 Å². The fourth-order valence-electron chi connectivity index (χ4n) is 3.42. The zero-order valence-corrected chi connectivity index (χ0v) is 19.9. The molecular formula is C25H24F5N3O2S. The van der Waals surface area contributed by atoms with Crippen molar-refractivity contribution in [2.24, 2.45) is 0 Å². The summed E-state index contributed by atoms with van der Waals surface area (Å²) in [7, 11) is -9.68. The number of imidazole rings is 1. The minimum atomic E-state index is -9.68. The van der Waals surface area contributed by atoms with Crippen LogP contribution in [0.25, 0.3) is 12.2 Å². The summed E-state index contributed by atoms with van der Waals surface area (Å²) >= 11 is 0. The van der Waals surface area contributed by atoms with E-state index in [9.17, 15) is 19.4 Å². The van der Waals surface area contributed by atoms with Crippen molar-refractivity contribution in [2.45, 2.75) is 37.3 Å². The minimum absolute atomic E-state index is 0.167. The summed E-state index contributed by atoms with van der Waals surface area (Å²) in [5.74, 6) is 0.887. The smallest absolute Gasteiger partial charge is 0.310 e. The molecule has 0 fully saturated rings. The maximum absolute atomic E-state index is 12.8. The van der Waals surface area contributed by atoms with E-state index in [0.717, 1.165) is 37.9 Å². The number of halogens is 5. The van der Waals surface area contributed by atoms with Crippen molar-refractivity contribution >= 4 is 22.4 Å². The first-order valence-corrected chi connectivity index (χ1v) is 13.0. The van der Waals surface area contributed by atoms with E-state index in [4.69, 9.17) is 9.15 Å². The molecule has 4 rings (SSSR count). The quantitative estimate of drug-likeness (QED) is 0.146. The largest absolute Gasteiger partial charge is 0.487 e. The zero-order valence-electron chi connectivity index (χ0n) is 19.1. The Labute approximate surface area is 205 Å². The maximum atomic E-state index is 12.8. The molecule has 0 aliphatic rings. The van der Waals surface area contributed by atoms with Crippen LogP contribution in [0.5, 0.6) is 5.75 Å². The van der Waals surface area contributed by atoms with Gasteiger partial charge in [-0.3, -0.25) is 0 Å². The molecule has 11 heteroatoms. The number of benzene rings is 2. The van der Waals surface area contributed by atoms with Crippen LogP contribution in [-0.2, 0) is 19.6 Å². The standard InChI is InChI=1S/C25H24F5N3O2S/c26-36(27,28,29,30)24-11-6-21(7-12-24)8-13-25-32-22(18-35-25)17-34-23-9-4-20(5-10-23)3-1-2-15-33-16-14-31-19-33/h4-14,16,18-19H,1-3,15,17H2/b13-8+. The summed E-state index contributed by atoms with van der Waals surface area (Å²) in [5.41, 5.74) is 2.03. The van der Waals surface area contributed by atoms with Crippen LogP contribution in [0.3, 0.4) is 0 Å². The lowest BCUT2D eigenvalue weighted by atomic mass is 10.1. The summed E-state index contributed by atoms with van der Waals surface area (Å²) < 4.78 is 77.1. The Bertz CT molecular complexity index is 1300. The molecule has 2 aromatic carbocycles. The summed E-state index contributed by atoms with van der Waals surface area (Å²) in [6.45, 7) is 1.11. The lowest BCUT2D eigenvalue weighted by molar-refractivity contribution is 0.301. The van der Waals surface area contributed by atoms with Gasteiger partial charge in [-0.25, -0.2) is 9.97 Å². The highest BCUT2D eigenvalue weighted by atomic mass is 32.5. The van der Waals surface area contributed by atoms with E-state index in [-0.39, 0.29) is 12.5 Å². The topological polar surface area (TPSA) is 53.1 Å². The molecular weight excluding hydrogens is 501 g/mol. The van der Waals surface area contributed by atoms with Crippen LogP contribution in [0.1, 0.15) is 35.6 Å². The molecule has 0 saturated heterocycles. The summed E-state index contributed by atoms with van der Waals surface area (Å²) in [6.07, 6.45) is 12.9. The second kappa shape index (κ2) is 9.45. The van der Waals surface area contributed by atoms with Crippen molar-refractivity contribution < 1.29 is 28.6 Å². The van der Waals surface area contributed by atoms with Crippen molar-refractivity contribution in [3.63, 3.8) is 0 Å². The van der Waals surface area contributed by atoms with Gasteiger partial charge in [0.25, 0.3) is 0 Å². The first-order valence-electron chi connectivity index (χ1n) is 11.1. The van der Waals surface area contributed by atoms with Crippen LogP contribution in [-0.4, -0.2) is 14.5 Å². The van der Waals surface area contributed by atoms with E-state index in [2.05, 4.69) is 14.5 Å². The Hall–Kier alpha value is -3.60. The zero-order chi connectivity index (χ0) is 25.7. The highest BCUT2D eigenvalue weighted by molar-refractivity contribution is 8.45. The predicted octanol–water partition coefficient (Wildman–Crippen LogP) is 8.30. The number of hydrogen-bond donors (Lipinski definition) is 0. The Morgan fingerprint density at radius 2 is 1.67 bits per heavy atom. The van der Waals surface area contributed by atoms with Crippen molar-refractivity contribution in [3.8, 4) is 5.75 Å². The first kappa shape index (κ1) is 25.5. The van der Waals surface area contributed by atoms with Crippen molar-refractivity contribution in [1.82, 2.24) is 14.5 Å². The summed E-state index contributed by atoms with van der Waals surface area (Å²) in [6, 6.07) is 10.5. The normalized spacial score (nSPS) is 14.0. The molecule has 0 aliphatic carbocycles. The van der Waals surface area contributed by atoms with Crippen molar-refractivity contribution in [2.75, 3.05) is 0 Å². The molecule has 0 spiro atoms. The number of aryl methyl sites for hydroxylation is 2. The minimum Gasteiger partial charge on any atom is -0.487 e. The van der Waals surface area contributed by atoms with Crippen LogP contribution < -0.4 is 4.74 Å². The fraction of sp³-hybridized carbons (Fsp3) is 0.200. The van der Waals surface area contributed by atoms with Crippen LogP contribution >= 0.6 is 10.2 Å². The third-order valence-electron chi connectivity index (χ3n) is 5.31. The number of rotatable bonds is 11. The maximum Gasteiger partial charge on any atom is 0.310 e. The van der Waals surface area contributed by atoms with E-state index in [0.29, 0.717) is 29.1 Å². The Kier molecular flexibility index (Phi) is 6.70. The monoisotopic (exact) mass is 525 g/mol. The van der Waals surface area contributed by atoms with Crippen LogP contribution in [0, 0.1) is 0 Å². The lowest BCUT2D eigenvalue weighted by Gasteiger charge is -2.40. The van der Waals surface area contributed by atoms with Gasteiger partial charge in [-0.1, -0.05) is 43.7 Å². The molecule has 36 heavy (non-hydrogen) atoms. The van der Waals surface area contributed by atoms with Gasteiger partial charge in [-0.05, 0) is 60.7 Å². The second-order valence-corrected chi connectivity index (χ2v) is 10.6. The second-order valence-electron chi connectivity index (χ2n) is 8.24. The third kappa shape index (κ3) is 7.45. The van der Waals surface area contributed by atoms with Gasteiger partial charge in [0.1, 0.15) is 29.2 Å². The molecule has 0 aliphatic heterocycles. The molecule has 5 nitrogen and oxygen atoms in total. The van der Waals surface area contributed by atoms with E-state index in [1.54, 1.807) is 6.20 Å². The molecule has 4 aromatic rings. The van der Waals surface area contributed by atoms with Gasteiger partial charge >= 0.3 is 10.2 Å². The van der Waals surface area contributed by atoms with E-state index >= 15 is 0 Å². The molecule has 0 radical (unpaired) electrons. The van der Waals surface area contributed by atoms with Gasteiger partial charge in [-0.15, -0.1) is 0 Å². The van der Waals surface area contributed by atoms with Crippen LogP contribution in [0.2, 0.25) is 0 Å². The number of ether oxygens (including phenoxy) is 1. The molecule has 0 saturated carbocycles. The van der Waals surface area contributed by atoms with Gasteiger partial charge < -0.3 is 13.7 Å². The van der Waals surface area contributed by atoms with E-state index in [1.807, 2.05) is 36.8 Å². The highest BCUT2D eigenvalue weighted by Crippen LogP contribution is 3.02. The molecule has 0 amide bonds. The molecule has 2 heterocycles. The van der Waals surface area contributed by atoms with Crippen LogP contribution in [0.15, 0.2) is 82.8 Å². The van der Waals surface area contributed by atoms with E-state index < -0.39 is 15.1 Å². The number of aromatic nitrogens is 3. The molecule has 0 atom stereocenters. The van der Waals surface area contributed by atoms with Gasteiger partial charge in [0.15, 0.2) is 0 Å². The van der Waals surface area contributed by atoms with Crippen molar-refractivity contribution in [3.05, 3.63) is 96.2 Å². The fourth-order valence-corrected chi connectivity index (χ4v) is 4.07. The average Bonchev–Trinajstić information content (AvgIpc) is 3.51. The lowest BCUT2D eigenvalue weighted by Crippen LogP contribution is -2.05. The Balaban J connectivity index is 1.23. The first-order chi connectivity index (χ1) is 16.9. The number of nitrogens with zero attached hydrogens (tertiary/aromatic N) is 3. The third-order valence-corrected chi connectivity index (χ3v) is 6.48. The SMILES string of the molecule is FS(F)(F)(F)(F)c1ccc(/C=C/c2nc(COc3ccc(CCCCn4ccnc4)cc3)co2)cc1. The van der Waals surface area contributed by atoms with Gasteiger partial charge in [0.2, 0.25) is 5.89 Å². The predicted molar refractivity (Wildman–Crippen MR) is 129 cm³/mol. The number of unbranched alkanes of at least 4 members (excludes halogenated alkanes) is 1. The summed E-state index contributed by atoms with van der Waals surface area (Å²) in [5, 5.41) is 0. The molecule has 192 valence electrons. The van der Waals surface area contributed by atoms with Gasteiger partial charge in [0.05, 0.1) is 6.33 Å².